The first kappa shape index (κ1) is 21.6. The summed E-state index contributed by atoms with van der Waals surface area (Å²) in [6, 6.07) is 17.6. The number of ketones is 1. The number of benzene rings is 2. The highest BCUT2D eigenvalue weighted by Gasteiger charge is 2.43. The number of hydrogen-bond acceptors (Lipinski definition) is 5. The molecule has 5 nitrogen and oxygen atoms in total. The molecule has 2 aromatic rings. The topological polar surface area (TPSA) is 54.0 Å². The number of Topliss-reactive ketones (excluding diaryl/α,β-unsaturated/α-hetero) is 1. The minimum absolute atomic E-state index is 0.00734. The van der Waals surface area contributed by atoms with Crippen LogP contribution >= 0.6 is 0 Å². The summed E-state index contributed by atoms with van der Waals surface area (Å²) in [6.07, 6.45) is 1.63. The predicted octanol–water partition coefficient (Wildman–Crippen LogP) is 3.54. The molecule has 0 aliphatic carbocycles. The van der Waals surface area contributed by atoms with Crippen LogP contribution in [-0.4, -0.2) is 38.3 Å². The number of carbonyl (C=O) groups excluding carboxylic acids is 1. The Labute approximate surface area is 173 Å². The summed E-state index contributed by atoms with van der Waals surface area (Å²) in [7, 11) is 1.14. The first-order valence-corrected chi connectivity index (χ1v) is 10.2. The molecule has 0 N–H and O–H groups in total. The van der Waals surface area contributed by atoms with E-state index in [1.165, 1.54) is 0 Å². The van der Waals surface area contributed by atoms with Gasteiger partial charge in [0, 0.05) is 6.42 Å². The van der Waals surface area contributed by atoms with Gasteiger partial charge in [-0.15, -0.1) is 0 Å². The van der Waals surface area contributed by atoms with Crippen molar-refractivity contribution in [1.82, 2.24) is 0 Å². The number of ether oxygens (including phenoxy) is 2. The van der Waals surface area contributed by atoms with E-state index >= 15 is 0 Å². The summed E-state index contributed by atoms with van der Waals surface area (Å²) in [5.41, 5.74) is 2.01. The van der Waals surface area contributed by atoms with Crippen molar-refractivity contribution in [2.24, 2.45) is 0 Å². The molecule has 0 radical (unpaired) electrons. The molecule has 3 rings (SSSR count). The molecule has 6 heteroatoms. The quantitative estimate of drug-likeness (QED) is 0.575. The smallest absolute Gasteiger partial charge is 0.494 e. The van der Waals surface area contributed by atoms with Crippen LogP contribution in [0, 0.1) is 0 Å². The van der Waals surface area contributed by atoms with E-state index in [2.05, 4.69) is 6.92 Å². The van der Waals surface area contributed by atoms with E-state index in [9.17, 15) is 4.79 Å². The van der Waals surface area contributed by atoms with Crippen LogP contribution in [-0.2, 0) is 25.4 Å². The maximum atomic E-state index is 12.2. The van der Waals surface area contributed by atoms with Crippen LogP contribution in [0.1, 0.15) is 38.7 Å². The SMILES string of the molecule is CCC[C@H](C[C@H]1OB(c2ccccc2)O[C@@H]1C(C)=O)OCc1ccc(OC)cc1. The lowest BCUT2D eigenvalue weighted by Gasteiger charge is -2.23. The van der Waals surface area contributed by atoms with Gasteiger partial charge in [0.15, 0.2) is 5.78 Å². The van der Waals surface area contributed by atoms with Gasteiger partial charge in [-0.25, -0.2) is 0 Å². The number of carbonyl (C=O) groups is 1. The fourth-order valence-corrected chi connectivity index (χ4v) is 3.57. The van der Waals surface area contributed by atoms with Crippen LogP contribution in [0.15, 0.2) is 54.6 Å². The monoisotopic (exact) mass is 396 g/mol. The van der Waals surface area contributed by atoms with Gasteiger partial charge in [0.05, 0.1) is 25.9 Å². The summed E-state index contributed by atoms with van der Waals surface area (Å²) in [5.74, 6) is 0.811. The fourth-order valence-electron chi connectivity index (χ4n) is 3.57. The van der Waals surface area contributed by atoms with E-state index in [1.54, 1.807) is 14.0 Å². The van der Waals surface area contributed by atoms with Gasteiger partial charge in [0.25, 0.3) is 0 Å². The lowest BCUT2D eigenvalue weighted by atomic mass is 9.79. The zero-order valence-electron chi connectivity index (χ0n) is 17.4. The minimum atomic E-state index is -0.566. The van der Waals surface area contributed by atoms with Crippen LogP contribution in [0.2, 0.25) is 0 Å². The molecule has 1 aliphatic rings. The van der Waals surface area contributed by atoms with Gasteiger partial charge in [-0.3, -0.25) is 4.79 Å². The Morgan fingerprint density at radius 3 is 2.45 bits per heavy atom. The third-order valence-corrected chi connectivity index (χ3v) is 5.13. The van der Waals surface area contributed by atoms with Gasteiger partial charge < -0.3 is 18.8 Å². The summed E-state index contributed by atoms with van der Waals surface area (Å²) < 4.78 is 23.5. The number of rotatable bonds is 10. The van der Waals surface area contributed by atoms with E-state index in [1.807, 2.05) is 54.6 Å². The van der Waals surface area contributed by atoms with E-state index < -0.39 is 13.2 Å². The van der Waals surface area contributed by atoms with Gasteiger partial charge >= 0.3 is 7.12 Å². The fraction of sp³-hybridized carbons (Fsp3) is 0.435. The Kier molecular flexibility index (Phi) is 7.87. The van der Waals surface area contributed by atoms with Crippen molar-refractivity contribution in [1.29, 1.82) is 0 Å². The van der Waals surface area contributed by atoms with Crippen molar-refractivity contribution in [3.8, 4) is 5.75 Å². The second-order valence-corrected chi connectivity index (χ2v) is 7.39. The molecule has 0 spiro atoms. The standard InChI is InChI=1S/C23H29BO5/c1-4-8-21(27-16-18-11-13-20(26-3)14-12-18)15-22-23(17(2)25)29-24(28-22)19-9-6-5-7-10-19/h5-7,9-14,21-23H,4,8,15-16H2,1-3H3/t21-,22-,23-/m1/s1. The van der Waals surface area contributed by atoms with Crippen LogP contribution in [0.3, 0.4) is 0 Å². The maximum absolute atomic E-state index is 12.2. The van der Waals surface area contributed by atoms with Crippen LogP contribution < -0.4 is 10.2 Å². The van der Waals surface area contributed by atoms with Gasteiger partial charge in [-0.1, -0.05) is 55.8 Å². The highest BCUT2D eigenvalue weighted by molar-refractivity contribution is 6.62. The largest absolute Gasteiger partial charge is 0.497 e. The average molecular weight is 396 g/mol. The molecule has 154 valence electrons. The summed E-state index contributed by atoms with van der Waals surface area (Å²) in [6.45, 7) is 4.20. The van der Waals surface area contributed by atoms with Gasteiger partial charge in [-0.05, 0) is 36.5 Å². The predicted molar refractivity (Wildman–Crippen MR) is 113 cm³/mol. The lowest BCUT2D eigenvalue weighted by Crippen LogP contribution is -2.33. The minimum Gasteiger partial charge on any atom is -0.497 e. The molecule has 0 aromatic heterocycles. The molecule has 3 atom stereocenters. The maximum Gasteiger partial charge on any atom is 0.494 e. The lowest BCUT2D eigenvalue weighted by molar-refractivity contribution is -0.125. The van der Waals surface area contributed by atoms with Gasteiger partial charge in [0.1, 0.15) is 11.9 Å². The Morgan fingerprint density at radius 1 is 1.10 bits per heavy atom. The van der Waals surface area contributed by atoms with Gasteiger partial charge in [0.2, 0.25) is 0 Å². The molecule has 1 saturated heterocycles. The molecule has 29 heavy (non-hydrogen) atoms. The Bertz CT molecular complexity index is 765. The highest BCUT2D eigenvalue weighted by Crippen LogP contribution is 2.25. The molecular formula is C23H29BO5. The van der Waals surface area contributed by atoms with Crippen LogP contribution in [0.25, 0.3) is 0 Å². The Morgan fingerprint density at radius 2 is 1.83 bits per heavy atom. The molecule has 1 aliphatic heterocycles. The third kappa shape index (κ3) is 5.92. The zero-order valence-corrected chi connectivity index (χ0v) is 17.4. The van der Waals surface area contributed by atoms with Crippen molar-refractivity contribution < 1.29 is 23.6 Å². The second kappa shape index (κ2) is 10.6. The molecule has 0 amide bonds. The van der Waals surface area contributed by atoms with Crippen molar-refractivity contribution in [2.45, 2.75) is 58.0 Å². The highest BCUT2D eigenvalue weighted by atomic mass is 16.7. The van der Waals surface area contributed by atoms with E-state index in [4.69, 9.17) is 18.8 Å². The molecule has 2 aromatic carbocycles. The van der Waals surface area contributed by atoms with E-state index in [0.717, 1.165) is 29.6 Å². The number of hydrogen-bond donors (Lipinski definition) is 0. The molecule has 1 heterocycles. The molecule has 0 saturated carbocycles. The first-order valence-electron chi connectivity index (χ1n) is 10.2. The molecule has 1 fully saturated rings. The first-order chi connectivity index (χ1) is 14.1. The third-order valence-electron chi connectivity index (χ3n) is 5.13. The van der Waals surface area contributed by atoms with Crippen molar-refractivity contribution in [2.75, 3.05) is 7.11 Å². The van der Waals surface area contributed by atoms with Crippen molar-refractivity contribution >= 4 is 18.4 Å². The zero-order chi connectivity index (χ0) is 20.6. The molecule has 0 unspecified atom stereocenters. The van der Waals surface area contributed by atoms with Crippen LogP contribution in [0.4, 0.5) is 0 Å². The van der Waals surface area contributed by atoms with E-state index in [0.29, 0.717) is 13.0 Å². The molecule has 0 bridgehead atoms. The molecular weight excluding hydrogens is 367 g/mol. The van der Waals surface area contributed by atoms with Crippen molar-refractivity contribution in [3.63, 3.8) is 0 Å². The summed E-state index contributed by atoms with van der Waals surface area (Å²) in [5, 5.41) is 0. The summed E-state index contributed by atoms with van der Waals surface area (Å²) >= 11 is 0. The Hall–Kier alpha value is -2.15. The van der Waals surface area contributed by atoms with Crippen LogP contribution in [0.5, 0.6) is 5.75 Å². The summed E-state index contributed by atoms with van der Waals surface area (Å²) in [4.78, 5) is 12.2. The van der Waals surface area contributed by atoms with Crippen molar-refractivity contribution in [3.05, 3.63) is 60.2 Å². The van der Waals surface area contributed by atoms with E-state index in [-0.39, 0.29) is 18.0 Å². The number of methoxy groups -OCH3 is 1. The average Bonchev–Trinajstić information content (AvgIpc) is 3.17. The Balaban J connectivity index is 1.63. The van der Waals surface area contributed by atoms with Gasteiger partial charge in [-0.2, -0.15) is 0 Å². The normalized spacial score (nSPS) is 19.9. The second-order valence-electron chi connectivity index (χ2n) is 7.39.